The first kappa shape index (κ1) is 41.4. The van der Waals surface area contributed by atoms with Crippen LogP contribution in [0.3, 0.4) is 0 Å². The minimum Gasteiger partial charge on any atom is -0.310 e. The van der Waals surface area contributed by atoms with Crippen LogP contribution in [0.2, 0.25) is 0 Å². The summed E-state index contributed by atoms with van der Waals surface area (Å²) in [5.41, 5.74) is 23.6. The zero-order chi connectivity index (χ0) is 46.7. The molecular formula is C69H49N. The van der Waals surface area contributed by atoms with Gasteiger partial charge >= 0.3 is 0 Å². The molecule has 0 radical (unpaired) electrons. The van der Waals surface area contributed by atoms with E-state index in [1.807, 2.05) is 0 Å². The van der Waals surface area contributed by atoms with Crippen LogP contribution in [0, 0.1) is 6.92 Å². The SMILES string of the molecule is Cc1c(-c2ccc3c(c2)C(c2ccccc2)(c2ccccc2)c2ccccc2-3)cc(N(c2ccccc2)c2ccccc2)cc1-c1ccc2c(c1)C(c1ccccc1)(c1ccccc1)c1ccccc1-2. The van der Waals surface area contributed by atoms with Gasteiger partial charge in [0.2, 0.25) is 0 Å². The van der Waals surface area contributed by atoms with Gasteiger partial charge < -0.3 is 4.90 Å². The van der Waals surface area contributed by atoms with Crippen LogP contribution in [0.4, 0.5) is 17.1 Å². The Morgan fingerprint density at radius 2 is 0.543 bits per heavy atom. The minimum absolute atomic E-state index is 0.522. The summed E-state index contributed by atoms with van der Waals surface area (Å²) in [5, 5.41) is 0. The number of hydrogen-bond donors (Lipinski definition) is 0. The van der Waals surface area contributed by atoms with E-state index in [4.69, 9.17) is 0 Å². The molecule has 0 heterocycles. The normalized spacial score (nSPS) is 13.4. The summed E-state index contributed by atoms with van der Waals surface area (Å²) in [7, 11) is 0. The van der Waals surface area contributed by atoms with Gasteiger partial charge in [0.05, 0.1) is 10.8 Å². The summed E-state index contributed by atoms with van der Waals surface area (Å²) < 4.78 is 0. The monoisotopic (exact) mass is 891 g/mol. The largest absolute Gasteiger partial charge is 0.310 e. The Balaban J connectivity index is 1.09. The number of nitrogens with zero attached hydrogens (tertiary/aromatic N) is 1. The molecule has 330 valence electrons. The maximum Gasteiger partial charge on any atom is 0.0713 e. The van der Waals surface area contributed by atoms with Gasteiger partial charge in [-0.15, -0.1) is 0 Å². The van der Waals surface area contributed by atoms with Crippen molar-refractivity contribution < 1.29 is 0 Å². The van der Waals surface area contributed by atoms with Crippen molar-refractivity contribution in [2.24, 2.45) is 0 Å². The molecule has 11 aromatic carbocycles. The maximum absolute atomic E-state index is 2.51. The predicted molar refractivity (Wildman–Crippen MR) is 291 cm³/mol. The van der Waals surface area contributed by atoms with Crippen molar-refractivity contribution in [3.05, 3.63) is 329 Å². The fourth-order valence-corrected chi connectivity index (χ4v) is 12.3. The van der Waals surface area contributed by atoms with E-state index in [1.165, 1.54) is 94.6 Å². The molecule has 11 aromatic rings. The van der Waals surface area contributed by atoms with Gasteiger partial charge in [-0.2, -0.15) is 0 Å². The number of benzene rings is 11. The van der Waals surface area contributed by atoms with Crippen LogP contribution in [0.25, 0.3) is 44.5 Å². The van der Waals surface area contributed by atoms with E-state index in [0.717, 1.165) is 17.1 Å². The third kappa shape index (κ3) is 6.25. The molecule has 0 amide bonds. The molecular weight excluding hydrogens is 843 g/mol. The van der Waals surface area contributed by atoms with Gasteiger partial charge in [-0.1, -0.05) is 231 Å². The van der Waals surface area contributed by atoms with Crippen molar-refractivity contribution in [3.63, 3.8) is 0 Å². The Hall–Kier alpha value is -8.78. The summed E-state index contributed by atoms with van der Waals surface area (Å²) in [6.45, 7) is 2.33. The van der Waals surface area contributed by atoms with Gasteiger partial charge in [0.15, 0.2) is 0 Å². The van der Waals surface area contributed by atoms with Gasteiger partial charge in [-0.3, -0.25) is 0 Å². The first-order valence-corrected chi connectivity index (χ1v) is 24.4. The Morgan fingerprint density at radius 3 is 0.900 bits per heavy atom. The lowest BCUT2D eigenvalue weighted by molar-refractivity contribution is 0.768. The third-order valence-corrected chi connectivity index (χ3v) is 15.2. The van der Waals surface area contributed by atoms with Gasteiger partial charge in [0.1, 0.15) is 0 Å². The van der Waals surface area contributed by atoms with Gasteiger partial charge in [-0.25, -0.2) is 0 Å². The summed E-state index contributed by atoms with van der Waals surface area (Å²) in [6.07, 6.45) is 0. The number of rotatable bonds is 9. The Kier molecular flexibility index (Phi) is 9.92. The highest BCUT2D eigenvalue weighted by atomic mass is 15.1. The molecule has 0 atom stereocenters. The van der Waals surface area contributed by atoms with Crippen LogP contribution < -0.4 is 4.90 Å². The van der Waals surface area contributed by atoms with E-state index in [9.17, 15) is 0 Å². The van der Waals surface area contributed by atoms with E-state index in [-0.39, 0.29) is 0 Å². The quantitative estimate of drug-likeness (QED) is 0.140. The van der Waals surface area contributed by atoms with Crippen LogP contribution in [-0.2, 0) is 10.8 Å². The van der Waals surface area contributed by atoms with Gasteiger partial charge in [-0.05, 0) is 150 Å². The summed E-state index contributed by atoms with van der Waals surface area (Å²) in [6, 6.07) is 104. The number of para-hydroxylation sites is 2. The van der Waals surface area contributed by atoms with Crippen molar-refractivity contribution in [2.45, 2.75) is 17.8 Å². The molecule has 70 heavy (non-hydrogen) atoms. The van der Waals surface area contributed by atoms with Crippen molar-refractivity contribution in [1.29, 1.82) is 0 Å². The Bertz CT molecular complexity index is 3370. The lowest BCUT2D eigenvalue weighted by atomic mass is 9.67. The highest BCUT2D eigenvalue weighted by Gasteiger charge is 2.47. The first-order valence-electron chi connectivity index (χ1n) is 24.4. The molecule has 1 heteroatoms. The van der Waals surface area contributed by atoms with E-state index >= 15 is 0 Å². The van der Waals surface area contributed by atoms with Crippen molar-refractivity contribution in [1.82, 2.24) is 0 Å². The van der Waals surface area contributed by atoms with E-state index in [2.05, 4.69) is 291 Å². The van der Waals surface area contributed by atoms with E-state index in [0.29, 0.717) is 0 Å². The zero-order valence-corrected chi connectivity index (χ0v) is 39.0. The van der Waals surface area contributed by atoms with Crippen molar-refractivity contribution in [3.8, 4) is 44.5 Å². The fourth-order valence-electron chi connectivity index (χ4n) is 12.3. The molecule has 0 aliphatic heterocycles. The summed E-state index contributed by atoms with van der Waals surface area (Å²) >= 11 is 0. The topological polar surface area (TPSA) is 3.24 Å². The minimum atomic E-state index is -0.522. The number of anilines is 3. The van der Waals surface area contributed by atoms with Crippen molar-refractivity contribution in [2.75, 3.05) is 4.90 Å². The van der Waals surface area contributed by atoms with Crippen LogP contribution in [0.5, 0.6) is 0 Å². The summed E-state index contributed by atoms with van der Waals surface area (Å²) in [5.74, 6) is 0. The third-order valence-electron chi connectivity index (χ3n) is 15.2. The molecule has 0 saturated carbocycles. The molecule has 0 fully saturated rings. The van der Waals surface area contributed by atoms with E-state index < -0.39 is 10.8 Å². The first-order chi connectivity index (χ1) is 34.7. The Labute approximate surface area is 411 Å². The lowest BCUT2D eigenvalue weighted by Crippen LogP contribution is -2.28. The average Bonchev–Trinajstić information content (AvgIpc) is 3.91. The second kappa shape index (κ2) is 16.8. The van der Waals surface area contributed by atoms with Crippen LogP contribution in [-0.4, -0.2) is 0 Å². The summed E-state index contributed by atoms with van der Waals surface area (Å²) in [4.78, 5) is 2.41. The van der Waals surface area contributed by atoms with Gasteiger partial charge in [0.25, 0.3) is 0 Å². The molecule has 1 nitrogen and oxygen atoms in total. The molecule has 0 aromatic heterocycles. The number of fused-ring (bicyclic) bond motifs is 6. The highest BCUT2D eigenvalue weighted by Crippen LogP contribution is 2.59. The van der Waals surface area contributed by atoms with Gasteiger partial charge in [0, 0.05) is 17.1 Å². The molecule has 2 aliphatic rings. The molecule has 0 bridgehead atoms. The lowest BCUT2D eigenvalue weighted by Gasteiger charge is -2.34. The van der Waals surface area contributed by atoms with Crippen LogP contribution in [0.15, 0.2) is 279 Å². The molecule has 0 saturated heterocycles. The molecule has 0 N–H and O–H groups in total. The molecule has 0 unspecified atom stereocenters. The smallest absolute Gasteiger partial charge is 0.0713 e. The van der Waals surface area contributed by atoms with Crippen LogP contribution in [0.1, 0.15) is 50.1 Å². The second-order valence-electron chi connectivity index (χ2n) is 18.7. The van der Waals surface area contributed by atoms with E-state index in [1.54, 1.807) is 0 Å². The molecule has 0 spiro atoms. The Morgan fingerprint density at radius 1 is 0.243 bits per heavy atom. The highest BCUT2D eigenvalue weighted by molar-refractivity contribution is 5.94. The second-order valence-corrected chi connectivity index (χ2v) is 18.7. The van der Waals surface area contributed by atoms with Crippen LogP contribution >= 0.6 is 0 Å². The molecule has 2 aliphatic carbocycles. The average molecular weight is 892 g/mol. The van der Waals surface area contributed by atoms with Crippen molar-refractivity contribution >= 4 is 17.1 Å². The maximum atomic E-state index is 2.51. The molecule has 13 rings (SSSR count). The fraction of sp³-hybridized carbons (Fsp3) is 0.0435. The number of hydrogen-bond acceptors (Lipinski definition) is 1. The zero-order valence-electron chi connectivity index (χ0n) is 39.0. The predicted octanol–water partition coefficient (Wildman–Crippen LogP) is 17.5. The standard InChI is InChI=1S/C69H49N/c1-48-62(49-40-42-60-58-36-20-22-38-64(58)68(66(60)44-49,51-24-8-2-9-25-51)52-26-10-3-11-27-52)46-57(70(55-32-16-6-17-33-55)56-34-18-7-19-35-56)47-63(48)50-41-43-61-59-37-21-23-39-65(59)69(67(61)45-50,53-28-12-4-13-29-53)54-30-14-5-15-31-54/h2-47H,1H3.